The minimum Gasteiger partial charge on any atom is -0.459 e. The Kier molecular flexibility index (Phi) is 9.29. The SMILES string of the molecule is CCNC(=NCCS(=O)(=O)c1ccccc1F)N1CCN(C(=O)c2ccco2)CC1.I. The summed E-state index contributed by atoms with van der Waals surface area (Å²) in [5.74, 6) is -0.322. The Labute approximate surface area is 198 Å². The predicted molar refractivity (Wildman–Crippen MR) is 126 cm³/mol. The highest BCUT2D eigenvalue weighted by Crippen LogP contribution is 2.15. The third kappa shape index (κ3) is 6.42. The molecule has 0 aliphatic carbocycles. The van der Waals surface area contributed by atoms with Gasteiger partial charge >= 0.3 is 0 Å². The number of carbonyl (C=O) groups is 1. The molecule has 1 fully saturated rings. The Morgan fingerprint density at radius 3 is 2.42 bits per heavy atom. The summed E-state index contributed by atoms with van der Waals surface area (Å²) in [6.07, 6.45) is 1.47. The molecule has 0 unspecified atom stereocenters. The molecule has 1 aliphatic rings. The lowest BCUT2D eigenvalue weighted by molar-refractivity contribution is 0.0657. The molecule has 3 rings (SSSR count). The first kappa shape index (κ1) is 25.1. The number of carbonyl (C=O) groups excluding carboxylic acids is 1. The standard InChI is InChI=1S/C20H25FN4O4S.HI/c1-2-22-20(23-9-15-30(27,28)18-8-4-3-6-16(18)21)25-12-10-24(11-13-25)19(26)17-7-5-14-29-17;/h3-8,14H,2,9-13,15H2,1H3,(H,22,23);1H. The quantitative estimate of drug-likeness (QED) is 0.329. The van der Waals surface area contributed by atoms with Gasteiger partial charge in [0.25, 0.3) is 5.91 Å². The van der Waals surface area contributed by atoms with Crippen molar-refractivity contribution in [1.29, 1.82) is 0 Å². The summed E-state index contributed by atoms with van der Waals surface area (Å²) in [5.41, 5.74) is 0. The summed E-state index contributed by atoms with van der Waals surface area (Å²) in [6, 6.07) is 8.64. The van der Waals surface area contributed by atoms with Crippen LogP contribution in [-0.2, 0) is 9.84 Å². The molecule has 0 atom stereocenters. The maximum atomic E-state index is 13.8. The van der Waals surface area contributed by atoms with Gasteiger partial charge in [0.1, 0.15) is 10.7 Å². The number of aliphatic imine (C=N–C) groups is 1. The van der Waals surface area contributed by atoms with Gasteiger partial charge in [-0.2, -0.15) is 0 Å². The lowest BCUT2D eigenvalue weighted by Crippen LogP contribution is -2.53. The van der Waals surface area contributed by atoms with E-state index in [0.29, 0.717) is 44.4 Å². The number of piperazine rings is 1. The van der Waals surface area contributed by atoms with Gasteiger partial charge in [0.05, 0.1) is 18.6 Å². The Morgan fingerprint density at radius 2 is 1.81 bits per heavy atom. The van der Waals surface area contributed by atoms with Crippen molar-refractivity contribution >= 4 is 45.7 Å². The molecule has 0 radical (unpaired) electrons. The number of nitrogens with one attached hydrogen (secondary N) is 1. The van der Waals surface area contributed by atoms with Gasteiger partial charge in [-0.15, -0.1) is 24.0 Å². The maximum Gasteiger partial charge on any atom is 0.289 e. The van der Waals surface area contributed by atoms with Crippen LogP contribution in [0.25, 0.3) is 0 Å². The van der Waals surface area contributed by atoms with E-state index in [0.717, 1.165) is 6.07 Å². The number of sulfone groups is 1. The lowest BCUT2D eigenvalue weighted by Gasteiger charge is -2.36. The average molecular weight is 564 g/mol. The first-order valence-electron chi connectivity index (χ1n) is 9.75. The van der Waals surface area contributed by atoms with Gasteiger partial charge in [0.15, 0.2) is 21.6 Å². The van der Waals surface area contributed by atoms with E-state index in [2.05, 4.69) is 10.3 Å². The van der Waals surface area contributed by atoms with E-state index in [1.165, 1.54) is 24.5 Å². The molecular formula is C20H26FIN4O4S. The molecule has 2 aromatic rings. The molecule has 1 aliphatic heterocycles. The molecular weight excluding hydrogens is 538 g/mol. The molecule has 0 spiro atoms. The van der Waals surface area contributed by atoms with Crippen LogP contribution in [0.1, 0.15) is 17.5 Å². The Hall–Kier alpha value is -2.15. The van der Waals surface area contributed by atoms with E-state index in [9.17, 15) is 17.6 Å². The molecule has 1 N–H and O–H groups in total. The Morgan fingerprint density at radius 1 is 1.13 bits per heavy atom. The number of furan rings is 1. The highest BCUT2D eigenvalue weighted by Gasteiger charge is 2.25. The number of hydrogen-bond donors (Lipinski definition) is 1. The lowest BCUT2D eigenvalue weighted by atomic mass is 10.3. The third-order valence-corrected chi connectivity index (χ3v) is 6.45. The van der Waals surface area contributed by atoms with E-state index in [4.69, 9.17) is 4.42 Å². The summed E-state index contributed by atoms with van der Waals surface area (Å²) >= 11 is 0. The molecule has 170 valence electrons. The van der Waals surface area contributed by atoms with Gasteiger partial charge in [-0.3, -0.25) is 9.79 Å². The monoisotopic (exact) mass is 564 g/mol. The average Bonchev–Trinajstić information content (AvgIpc) is 3.28. The Balaban J connectivity index is 0.00000341. The zero-order valence-corrected chi connectivity index (χ0v) is 20.3. The van der Waals surface area contributed by atoms with E-state index < -0.39 is 15.7 Å². The topological polar surface area (TPSA) is 95.2 Å². The molecule has 8 nitrogen and oxygen atoms in total. The summed E-state index contributed by atoms with van der Waals surface area (Å²) in [6.45, 7) is 4.64. The number of guanidine groups is 1. The van der Waals surface area contributed by atoms with Gasteiger partial charge in [-0.05, 0) is 31.2 Å². The van der Waals surface area contributed by atoms with E-state index in [1.54, 1.807) is 17.0 Å². The molecule has 2 heterocycles. The van der Waals surface area contributed by atoms with Crippen LogP contribution in [0.3, 0.4) is 0 Å². The van der Waals surface area contributed by atoms with Crippen LogP contribution in [0.4, 0.5) is 4.39 Å². The van der Waals surface area contributed by atoms with Crippen molar-refractivity contribution in [3.8, 4) is 0 Å². The van der Waals surface area contributed by atoms with E-state index in [-0.39, 0.29) is 47.1 Å². The van der Waals surface area contributed by atoms with Gasteiger partial charge in [-0.1, -0.05) is 12.1 Å². The van der Waals surface area contributed by atoms with Gasteiger partial charge in [0.2, 0.25) is 0 Å². The second-order valence-electron chi connectivity index (χ2n) is 6.74. The second kappa shape index (κ2) is 11.5. The maximum absolute atomic E-state index is 13.8. The minimum atomic E-state index is -3.77. The highest BCUT2D eigenvalue weighted by molar-refractivity contribution is 14.0. The summed E-state index contributed by atoms with van der Waals surface area (Å²) in [7, 11) is -3.77. The highest BCUT2D eigenvalue weighted by atomic mass is 127. The summed E-state index contributed by atoms with van der Waals surface area (Å²) in [4.78, 5) is 20.2. The zero-order chi connectivity index (χ0) is 21.6. The van der Waals surface area contributed by atoms with Crippen LogP contribution in [0.2, 0.25) is 0 Å². The van der Waals surface area contributed by atoms with Crippen LogP contribution < -0.4 is 5.32 Å². The number of benzene rings is 1. The second-order valence-corrected chi connectivity index (χ2v) is 8.82. The van der Waals surface area contributed by atoms with E-state index >= 15 is 0 Å². The molecule has 31 heavy (non-hydrogen) atoms. The third-order valence-electron chi connectivity index (χ3n) is 4.73. The van der Waals surface area contributed by atoms with Crippen molar-refractivity contribution in [3.63, 3.8) is 0 Å². The van der Waals surface area contributed by atoms with Gasteiger partial charge < -0.3 is 19.5 Å². The van der Waals surface area contributed by atoms with Crippen LogP contribution >= 0.6 is 24.0 Å². The summed E-state index contributed by atoms with van der Waals surface area (Å²) < 4.78 is 43.8. The molecule has 0 saturated carbocycles. The smallest absolute Gasteiger partial charge is 0.289 e. The van der Waals surface area contributed by atoms with Crippen LogP contribution in [0.5, 0.6) is 0 Å². The molecule has 1 aromatic heterocycles. The number of hydrogen-bond acceptors (Lipinski definition) is 5. The van der Waals surface area contributed by atoms with Crippen molar-refractivity contribution in [2.24, 2.45) is 4.99 Å². The van der Waals surface area contributed by atoms with Gasteiger partial charge in [-0.25, -0.2) is 12.8 Å². The number of halogens is 2. The first-order chi connectivity index (χ1) is 14.4. The fourth-order valence-corrected chi connectivity index (χ4v) is 4.38. The largest absolute Gasteiger partial charge is 0.459 e. The molecule has 1 saturated heterocycles. The van der Waals surface area contributed by atoms with Crippen molar-refractivity contribution < 1.29 is 22.0 Å². The molecule has 0 bridgehead atoms. The van der Waals surface area contributed by atoms with Crippen molar-refractivity contribution in [3.05, 3.63) is 54.2 Å². The minimum absolute atomic E-state index is 0. The predicted octanol–water partition coefficient (Wildman–Crippen LogP) is 2.23. The first-order valence-corrected chi connectivity index (χ1v) is 11.4. The van der Waals surface area contributed by atoms with Crippen molar-refractivity contribution in [1.82, 2.24) is 15.1 Å². The molecule has 1 aromatic carbocycles. The van der Waals surface area contributed by atoms with Gasteiger partial charge in [0, 0.05) is 32.7 Å². The zero-order valence-electron chi connectivity index (χ0n) is 17.2. The normalized spacial score (nSPS) is 14.8. The fourth-order valence-electron chi connectivity index (χ4n) is 3.18. The van der Waals surface area contributed by atoms with E-state index in [1.807, 2.05) is 11.8 Å². The van der Waals surface area contributed by atoms with Crippen molar-refractivity contribution in [2.75, 3.05) is 45.0 Å². The fraction of sp³-hybridized carbons (Fsp3) is 0.400. The summed E-state index contributed by atoms with van der Waals surface area (Å²) in [5, 5.41) is 3.15. The number of rotatable bonds is 6. The number of nitrogens with zero attached hydrogens (tertiary/aromatic N) is 3. The van der Waals surface area contributed by atoms with Crippen LogP contribution in [0, 0.1) is 5.82 Å². The number of amides is 1. The Bertz CT molecular complexity index is 990. The van der Waals surface area contributed by atoms with Crippen LogP contribution in [-0.4, -0.2) is 75.1 Å². The molecule has 11 heteroatoms. The molecule has 1 amide bonds. The van der Waals surface area contributed by atoms with Crippen molar-refractivity contribution in [2.45, 2.75) is 11.8 Å². The van der Waals surface area contributed by atoms with Crippen LogP contribution in [0.15, 0.2) is 57.0 Å².